The summed E-state index contributed by atoms with van der Waals surface area (Å²) >= 11 is 0. The molecule has 94 valence electrons. The van der Waals surface area contributed by atoms with E-state index < -0.39 is 0 Å². The van der Waals surface area contributed by atoms with Gasteiger partial charge in [-0.1, -0.05) is 51.6 Å². The fourth-order valence-corrected chi connectivity index (χ4v) is 1.81. The molecular weight excluding hydrogens is 222 g/mol. The minimum atomic E-state index is 0.186. The van der Waals surface area contributed by atoms with E-state index in [1.807, 2.05) is 0 Å². The summed E-state index contributed by atoms with van der Waals surface area (Å²) in [5.74, 6) is 0. The molecule has 0 spiro atoms. The predicted molar refractivity (Wildman–Crippen MR) is 74.2 cm³/mol. The van der Waals surface area contributed by atoms with Crippen molar-refractivity contribution < 1.29 is 0 Å². The Hall–Kier alpha value is -1.90. The standard InChI is InChI=1S/C15H19N3/c1-12(9-18-11-16-10-17-18)13-5-7-14(8-6-13)15(2,3)4/h5-8,10-11H,1,9H2,2-4H3. The molecule has 0 aliphatic carbocycles. The van der Waals surface area contributed by atoms with Gasteiger partial charge >= 0.3 is 0 Å². The molecule has 1 aromatic heterocycles. The maximum absolute atomic E-state index is 4.10. The first-order valence-electron chi connectivity index (χ1n) is 6.08. The van der Waals surface area contributed by atoms with Crippen molar-refractivity contribution in [3.8, 4) is 0 Å². The van der Waals surface area contributed by atoms with Gasteiger partial charge in [-0.3, -0.25) is 0 Å². The van der Waals surface area contributed by atoms with Crippen LogP contribution in [0.4, 0.5) is 0 Å². The minimum absolute atomic E-state index is 0.186. The second kappa shape index (κ2) is 4.77. The highest BCUT2D eigenvalue weighted by Gasteiger charge is 2.13. The lowest BCUT2D eigenvalue weighted by Crippen LogP contribution is -2.10. The molecule has 1 aromatic carbocycles. The topological polar surface area (TPSA) is 30.7 Å². The number of hydrogen-bond donors (Lipinski definition) is 0. The van der Waals surface area contributed by atoms with Gasteiger partial charge in [0.15, 0.2) is 0 Å². The highest BCUT2D eigenvalue weighted by Crippen LogP contribution is 2.24. The lowest BCUT2D eigenvalue weighted by atomic mass is 9.86. The molecule has 0 atom stereocenters. The smallest absolute Gasteiger partial charge is 0.137 e. The third kappa shape index (κ3) is 2.86. The summed E-state index contributed by atoms with van der Waals surface area (Å²) in [7, 11) is 0. The molecule has 2 rings (SSSR count). The van der Waals surface area contributed by atoms with Crippen LogP contribution in [-0.4, -0.2) is 14.8 Å². The fourth-order valence-electron chi connectivity index (χ4n) is 1.81. The van der Waals surface area contributed by atoms with E-state index in [0.29, 0.717) is 6.54 Å². The van der Waals surface area contributed by atoms with Crippen molar-refractivity contribution in [3.05, 3.63) is 54.6 Å². The zero-order chi connectivity index (χ0) is 13.2. The average molecular weight is 241 g/mol. The summed E-state index contributed by atoms with van der Waals surface area (Å²) in [6.07, 6.45) is 3.24. The second-order valence-corrected chi connectivity index (χ2v) is 5.52. The normalized spacial score (nSPS) is 11.5. The first-order chi connectivity index (χ1) is 8.47. The molecular formula is C15H19N3. The summed E-state index contributed by atoms with van der Waals surface area (Å²) in [5, 5.41) is 4.08. The average Bonchev–Trinajstić information content (AvgIpc) is 2.81. The number of nitrogens with zero attached hydrogens (tertiary/aromatic N) is 3. The Morgan fingerprint density at radius 2 is 1.89 bits per heavy atom. The van der Waals surface area contributed by atoms with Crippen molar-refractivity contribution in [3.63, 3.8) is 0 Å². The summed E-state index contributed by atoms with van der Waals surface area (Å²) < 4.78 is 1.78. The molecule has 0 aliphatic heterocycles. The molecule has 0 aliphatic rings. The van der Waals surface area contributed by atoms with Crippen LogP contribution in [0.5, 0.6) is 0 Å². The van der Waals surface area contributed by atoms with Gasteiger partial charge in [-0.05, 0) is 22.1 Å². The Bertz CT molecular complexity index is 516. The molecule has 1 heterocycles. The molecule has 3 heteroatoms. The van der Waals surface area contributed by atoms with Gasteiger partial charge in [-0.25, -0.2) is 9.67 Å². The SMILES string of the molecule is C=C(Cn1cncn1)c1ccc(C(C)(C)C)cc1. The highest BCUT2D eigenvalue weighted by atomic mass is 15.3. The number of hydrogen-bond acceptors (Lipinski definition) is 2. The molecule has 0 saturated heterocycles. The van der Waals surface area contributed by atoms with E-state index in [2.05, 4.69) is 61.7 Å². The Kier molecular flexibility index (Phi) is 3.32. The fraction of sp³-hybridized carbons (Fsp3) is 0.333. The zero-order valence-electron chi connectivity index (χ0n) is 11.2. The predicted octanol–water partition coefficient (Wildman–Crippen LogP) is 3.29. The molecule has 2 aromatic rings. The molecule has 3 nitrogen and oxygen atoms in total. The van der Waals surface area contributed by atoms with Gasteiger partial charge < -0.3 is 0 Å². The summed E-state index contributed by atoms with van der Waals surface area (Å²) in [6.45, 7) is 11.4. The monoisotopic (exact) mass is 241 g/mol. The molecule has 0 bridgehead atoms. The van der Waals surface area contributed by atoms with Gasteiger partial charge in [0, 0.05) is 0 Å². The molecule has 0 radical (unpaired) electrons. The Labute approximate surface area is 108 Å². The first-order valence-corrected chi connectivity index (χ1v) is 6.08. The third-order valence-corrected chi connectivity index (χ3v) is 2.98. The Balaban J connectivity index is 2.12. The lowest BCUT2D eigenvalue weighted by Gasteiger charge is -2.19. The number of rotatable bonds is 3. The van der Waals surface area contributed by atoms with E-state index in [4.69, 9.17) is 0 Å². The van der Waals surface area contributed by atoms with Gasteiger partial charge in [-0.15, -0.1) is 0 Å². The highest BCUT2D eigenvalue weighted by molar-refractivity contribution is 5.63. The summed E-state index contributed by atoms with van der Waals surface area (Å²) in [4.78, 5) is 3.93. The largest absolute Gasteiger partial charge is 0.249 e. The first kappa shape index (κ1) is 12.6. The maximum atomic E-state index is 4.10. The number of aromatic nitrogens is 3. The zero-order valence-corrected chi connectivity index (χ0v) is 11.2. The maximum Gasteiger partial charge on any atom is 0.137 e. The van der Waals surface area contributed by atoms with Crippen LogP contribution in [0.3, 0.4) is 0 Å². The van der Waals surface area contributed by atoms with E-state index >= 15 is 0 Å². The van der Waals surface area contributed by atoms with Crippen LogP contribution >= 0.6 is 0 Å². The Morgan fingerprint density at radius 1 is 1.22 bits per heavy atom. The van der Waals surface area contributed by atoms with Gasteiger partial charge in [0.25, 0.3) is 0 Å². The van der Waals surface area contributed by atoms with Crippen LogP contribution < -0.4 is 0 Å². The molecule has 0 saturated carbocycles. The second-order valence-electron chi connectivity index (χ2n) is 5.52. The van der Waals surface area contributed by atoms with Gasteiger partial charge in [0.1, 0.15) is 12.7 Å². The number of allylic oxidation sites excluding steroid dienone is 1. The third-order valence-electron chi connectivity index (χ3n) is 2.98. The Morgan fingerprint density at radius 3 is 2.39 bits per heavy atom. The van der Waals surface area contributed by atoms with Crippen molar-refractivity contribution in [1.29, 1.82) is 0 Å². The van der Waals surface area contributed by atoms with Crippen LogP contribution in [0.15, 0.2) is 43.5 Å². The summed E-state index contributed by atoms with van der Waals surface area (Å²) in [6, 6.07) is 8.59. The van der Waals surface area contributed by atoms with Crippen LogP contribution in [-0.2, 0) is 12.0 Å². The van der Waals surface area contributed by atoms with Crippen LogP contribution in [0.25, 0.3) is 5.57 Å². The van der Waals surface area contributed by atoms with E-state index in [0.717, 1.165) is 11.1 Å². The molecule has 0 unspecified atom stereocenters. The van der Waals surface area contributed by atoms with Gasteiger partial charge in [0.05, 0.1) is 6.54 Å². The minimum Gasteiger partial charge on any atom is -0.249 e. The quantitative estimate of drug-likeness (QED) is 0.825. The molecule has 18 heavy (non-hydrogen) atoms. The van der Waals surface area contributed by atoms with Crippen LogP contribution in [0.2, 0.25) is 0 Å². The van der Waals surface area contributed by atoms with Crippen LogP contribution in [0.1, 0.15) is 31.9 Å². The van der Waals surface area contributed by atoms with E-state index in [-0.39, 0.29) is 5.41 Å². The van der Waals surface area contributed by atoms with Crippen molar-refractivity contribution in [1.82, 2.24) is 14.8 Å². The van der Waals surface area contributed by atoms with Gasteiger partial charge in [0.2, 0.25) is 0 Å². The van der Waals surface area contributed by atoms with Crippen molar-refractivity contribution in [2.75, 3.05) is 0 Å². The number of benzene rings is 1. The van der Waals surface area contributed by atoms with Crippen molar-refractivity contribution in [2.45, 2.75) is 32.7 Å². The molecule has 0 fully saturated rings. The van der Waals surface area contributed by atoms with E-state index in [1.54, 1.807) is 11.0 Å². The van der Waals surface area contributed by atoms with Crippen molar-refractivity contribution >= 4 is 5.57 Å². The van der Waals surface area contributed by atoms with Crippen molar-refractivity contribution in [2.24, 2.45) is 0 Å². The summed E-state index contributed by atoms with van der Waals surface area (Å²) in [5.41, 5.74) is 3.71. The van der Waals surface area contributed by atoms with Gasteiger partial charge in [-0.2, -0.15) is 5.10 Å². The van der Waals surface area contributed by atoms with Crippen LogP contribution in [0, 0.1) is 0 Å². The van der Waals surface area contributed by atoms with E-state index in [1.165, 1.54) is 11.9 Å². The lowest BCUT2D eigenvalue weighted by molar-refractivity contribution is 0.590. The molecule has 0 N–H and O–H groups in total. The van der Waals surface area contributed by atoms with E-state index in [9.17, 15) is 0 Å². The molecule has 0 amide bonds.